The van der Waals surface area contributed by atoms with E-state index in [0.717, 1.165) is 9.54 Å². The van der Waals surface area contributed by atoms with Gasteiger partial charge < -0.3 is 28.3 Å². The van der Waals surface area contributed by atoms with Gasteiger partial charge in [0.05, 0.1) is 29.6 Å². The van der Waals surface area contributed by atoms with E-state index in [-0.39, 0.29) is 65.8 Å². The summed E-state index contributed by atoms with van der Waals surface area (Å²) in [5, 5.41) is 12.1. The van der Waals surface area contributed by atoms with Crippen LogP contribution in [0.25, 0.3) is 22.0 Å². The number of nitro groups is 1. The molecule has 0 unspecified atom stereocenters. The highest BCUT2D eigenvalue weighted by atomic mass is 32.2. The molecule has 14 nitrogen and oxygen atoms in total. The molecule has 0 bridgehead atoms. The zero-order valence-electron chi connectivity index (χ0n) is 29.4. The summed E-state index contributed by atoms with van der Waals surface area (Å²) < 4.78 is 57.5. The van der Waals surface area contributed by atoms with E-state index in [1.165, 1.54) is 60.4 Å². The van der Waals surface area contributed by atoms with Crippen molar-refractivity contribution in [2.75, 3.05) is 33.0 Å². The summed E-state index contributed by atoms with van der Waals surface area (Å²) in [5.41, 5.74) is -0.0423. The van der Waals surface area contributed by atoms with Gasteiger partial charge >= 0.3 is 5.97 Å². The molecule has 0 N–H and O–H groups in total. The summed E-state index contributed by atoms with van der Waals surface area (Å²) in [6.45, 7) is 7.90. The summed E-state index contributed by atoms with van der Waals surface area (Å²) in [6.07, 6.45) is 2.78. The molecule has 274 valence electrons. The number of ether oxygens (including phenoxy) is 5. The van der Waals surface area contributed by atoms with Crippen molar-refractivity contribution in [3.8, 4) is 28.4 Å². The molecule has 3 aromatic carbocycles. The van der Waals surface area contributed by atoms with Crippen LogP contribution in [-0.4, -0.2) is 66.5 Å². The average Bonchev–Trinajstić information content (AvgIpc) is 3.54. The first-order valence-electron chi connectivity index (χ1n) is 16.2. The minimum atomic E-state index is -4.17. The van der Waals surface area contributed by atoms with Crippen LogP contribution in [0.15, 0.2) is 94.9 Å². The first kappa shape index (κ1) is 37.7. The van der Waals surface area contributed by atoms with Gasteiger partial charge in [-0.25, -0.2) is 17.2 Å². The van der Waals surface area contributed by atoms with Gasteiger partial charge in [0.15, 0.2) is 0 Å². The Hall–Kier alpha value is -5.51. The Labute approximate surface area is 300 Å². The number of carbonyl (C=O) groups excluding carboxylic acids is 1. The number of fused-ring (bicyclic) bond motifs is 1. The minimum absolute atomic E-state index is 0.000371. The molecule has 0 atom stereocenters. The summed E-state index contributed by atoms with van der Waals surface area (Å²) in [7, 11) is -2.70. The summed E-state index contributed by atoms with van der Waals surface area (Å²) >= 11 is 0. The Morgan fingerprint density at radius 1 is 0.885 bits per heavy atom. The van der Waals surface area contributed by atoms with Gasteiger partial charge in [0, 0.05) is 54.2 Å². The van der Waals surface area contributed by atoms with Crippen LogP contribution in [0.5, 0.6) is 17.2 Å². The van der Waals surface area contributed by atoms with E-state index in [2.05, 4.69) is 0 Å². The van der Waals surface area contributed by atoms with Gasteiger partial charge in [0.1, 0.15) is 41.6 Å². The van der Waals surface area contributed by atoms with Crippen molar-refractivity contribution in [3.63, 3.8) is 0 Å². The maximum Gasteiger partial charge on any atom is 0.332 e. The first-order valence-corrected chi connectivity index (χ1v) is 17.7. The minimum Gasteiger partial charge on any atom is -0.491 e. The molecule has 2 heterocycles. The molecule has 5 aromatic rings. The molecule has 52 heavy (non-hydrogen) atoms. The number of aromatic nitrogens is 2. The van der Waals surface area contributed by atoms with Crippen molar-refractivity contribution in [3.05, 3.63) is 111 Å². The summed E-state index contributed by atoms with van der Waals surface area (Å²) in [6, 6.07) is 18.5. The number of hydrogen-bond acceptors (Lipinski definition) is 11. The summed E-state index contributed by atoms with van der Waals surface area (Å²) in [4.78, 5) is 36.5. The fourth-order valence-electron chi connectivity index (χ4n) is 5.22. The zero-order chi connectivity index (χ0) is 37.6. The van der Waals surface area contributed by atoms with E-state index in [1.807, 2.05) is 6.92 Å². The largest absolute Gasteiger partial charge is 0.491 e. The quantitative estimate of drug-likeness (QED) is 0.0535. The lowest BCUT2D eigenvalue weighted by molar-refractivity contribution is -0.384. The zero-order valence-corrected chi connectivity index (χ0v) is 30.2. The van der Waals surface area contributed by atoms with E-state index in [9.17, 15) is 28.1 Å². The van der Waals surface area contributed by atoms with Gasteiger partial charge in [-0.15, -0.1) is 0 Å². The molecule has 0 radical (unpaired) electrons. The van der Waals surface area contributed by atoms with Crippen molar-refractivity contribution >= 4 is 32.6 Å². The fourth-order valence-corrected chi connectivity index (χ4v) is 6.56. The topological polar surface area (TPSA) is 167 Å². The average molecular weight is 734 g/mol. The Balaban J connectivity index is 1.34. The third-order valence-corrected chi connectivity index (χ3v) is 9.26. The van der Waals surface area contributed by atoms with Gasteiger partial charge in [0.25, 0.3) is 21.3 Å². The van der Waals surface area contributed by atoms with Crippen molar-refractivity contribution < 1.29 is 41.8 Å². The van der Waals surface area contributed by atoms with E-state index < -0.39 is 32.1 Å². The van der Waals surface area contributed by atoms with Crippen LogP contribution in [0, 0.1) is 17.0 Å². The van der Waals surface area contributed by atoms with Crippen molar-refractivity contribution in [1.82, 2.24) is 8.54 Å². The molecule has 0 saturated heterocycles. The SMILES string of the molecule is Cc1ccc(S(=O)(=O)n2ccc3c(-c4cc([N+](=O)[O-])ccc4Oc4cccc(OCCOCCOCC(=O)OC(C)(C)C)c4)cn(C)c(=O)c32)cc1. The number of nitrogens with zero attached hydrogens (tertiary/aromatic N) is 3. The molecule has 0 amide bonds. The molecular weight excluding hydrogens is 694 g/mol. The standard InChI is InChI=1S/C37H39N3O11S/c1-25-9-12-29(13-10-25)52(45,46)39-16-15-30-32(23-38(5)36(42)35(30)39)31-21-26(40(43)44)11-14-33(31)50-28-8-6-7-27(22-28)49-20-19-47-17-18-48-24-34(41)51-37(2,3)4/h6-16,21-23H,17-20,24H2,1-5H3. The maximum atomic E-state index is 13.7. The maximum absolute atomic E-state index is 13.7. The Morgan fingerprint density at radius 2 is 1.58 bits per heavy atom. The van der Waals surface area contributed by atoms with Crippen LogP contribution in [0.1, 0.15) is 26.3 Å². The van der Waals surface area contributed by atoms with E-state index >= 15 is 0 Å². The number of hydrogen-bond donors (Lipinski definition) is 0. The van der Waals surface area contributed by atoms with E-state index in [0.29, 0.717) is 17.1 Å². The highest BCUT2D eigenvalue weighted by Crippen LogP contribution is 2.40. The van der Waals surface area contributed by atoms with Crippen LogP contribution in [0.4, 0.5) is 5.69 Å². The van der Waals surface area contributed by atoms with Crippen LogP contribution in [-0.2, 0) is 36.1 Å². The van der Waals surface area contributed by atoms with E-state index in [1.54, 1.807) is 57.2 Å². The fraction of sp³-hybridized carbons (Fsp3) is 0.297. The lowest BCUT2D eigenvalue weighted by Gasteiger charge is -2.19. The van der Waals surface area contributed by atoms with Crippen LogP contribution >= 0.6 is 0 Å². The number of nitro benzene ring substituents is 1. The third-order valence-electron chi connectivity index (χ3n) is 7.57. The van der Waals surface area contributed by atoms with Gasteiger partial charge in [-0.2, -0.15) is 0 Å². The molecule has 0 aliphatic carbocycles. The van der Waals surface area contributed by atoms with Crippen molar-refractivity contribution in [1.29, 1.82) is 0 Å². The second-order valence-electron chi connectivity index (χ2n) is 12.8. The molecule has 0 aliphatic heterocycles. The highest BCUT2D eigenvalue weighted by Gasteiger charge is 2.25. The van der Waals surface area contributed by atoms with Gasteiger partial charge in [-0.05, 0) is 64.1 Å². The highest BCUT2D eigenvalue weighted by molar-refractivity contribution is 7.90. The lowest BCUT2D eigenvalue weighted by atomic mass is 10.0. The normalized spacial score (nSPS) is 11.8. The van der Waals surface area contributed by atoms with Crippen LogP contribution in [0.2, 0.25) is 0 Å². The Morgan fingerprint density at radius 3 is 2.29 bits per heavy atom. The summed E-state index contributed by atoms with van der Waals surface area (Å²) in [5.74, 6) is 0.578. The second kappa shape index (κ2) is 15.8. The molecule has 15 heteroatoms. The predicted molar refractivity (Wildman–Crippen MR) is 193 cm³/mol. The third kappa shape index (κ3) is 9.04. The van der Waals surface area contributed by atoms with Gasteiger partial charge in [-0.1, -0.05) is 23.8 Å². The smallest absolute Gasteiger partial charge is 0.332 e. The second-order valence-corrected chi connectivity index (χ2v) is 14.6. The van der Waals surface area contributed by atoms with Crippen molar-refractivity contribution in [2.24, 2.45) is 7.05 Å². The number of pyridine rings is 1. The molecule has 0 spiro atoms. The first-order chi connectivity index (χ1) is 24.6. The predicted octanol–water partition coefficient (Wildman–Crippen LogP) is 6.01. The molecule has 0 aliphatic rings. The van der Waals surface area contributed by atoms with Crippen LogP contribution in [0.3, 0.4) is 0 Å². The van der Waals surface area contributed by atoms with Gasteiger partial charge in [-0.3, -0.25) is 14.9 Å². The van der Waals surface area contributed by atoms with E-state index in [4.69, 9.17) is 23.7 Å². The number of aryl methyl sites for hydroxylation is 2. The molecule has 5 rings (SSSR count). The number of carbonyl (C=O) groups is 1. The number of non-ortho nitro benzene ring substituents is 1. The molecular formula is C37H39N3O11S. The van der Waals surface area contributed by atoms with Crippen molar-refractivity contribution in [2.45, 2.75) is 38.2 Å². The Bertz CT molecular complexity index is 2250. The Kier molecular flexibility index (Phi) is 11.5. The van der Waals surface area contributed by atoms with Gasteiger partial charge in [0.2, 0.25) is 0 Å². The number of rotatable bonds is 15. The monoisotopic (exact) mass is 733 g/mol. The number of benzene rings is 3. The number of esters is 1. The lowest BCUT2D eigenvalue weighted by Crippen LogP contribution is -2.27. The molecule has 0 saturated carbocycles. The van der Waals surface area contributed by atoms with Crippen LogP contribution < -0.4 is 15.0 Å². The molecule has 0 fully saturated rings. The molecule has 2 aromatic heterocycles.